The second kappa shape index (κ2) is 6.25. The van der Waals surface area contributed by atoms with Crippen LogP contribution >= 0.6 is 0 Å². The number of halogens is 5. The van der Waals surface area contributed by atoms with Crippen molar-refractivity contribution in [1.82, 2.24) is 10.3 Å². The Balaban J connectivity index is 2.51. The first-order valence-electron chi connectivity index (χ1n) is 5.38. The molecule has 19 heavy (non-hydrogen) atoms. The third-order valence-electron chi connectivity index (χ3n) is 2.17. The minimum Gasteiger partial charge on any atom is -0.369 e. The van der Waals surface area contributed by atoms with Gasteiger partial charge in [0.15, 0.2) is 0 Å². The fourth-order valence-electron chi connectivity index (χ4n) is 1.25. The van der Waals surface area contributed by atoms with Gasteiger partial charge in [0.1, 0.15) is 6.61 Å². The van der Waals surface area contributed by atoms with Crippen molar-refractivity contribution >= 4 is 0 Å². The van der Waals surface area contributed by atoms with E-state index < -0.39 is 25.3 Å². The summed E-state index contributed by atoms with van der Waals surface area (Å²) < 4.78 is 65.1. The first-order valence-corrected chi connectivity index (χ1v) is 5.38. The molecule has 0 spiro atoms. The molecular weight excluding hydrogens is 271 g/mol. The Labute approximate surface area is 106 Å². The predicted octanol–water partition coefficient (Wildman–Crippen LogP) is 2.52. The van der Waals surface area contributed by atoms with Gasteiger partial charge in [-0.1, -0.05) is 6.07 Å². The molecule has 1 aromatic heterocycles. The number of nitrogens with one attached hydrogen (secondary N) is 1. The highest BCUT2D eigenvalue weighted by molar-refractivity contribution is 5.10. The Bertz CT molecular complexity index is 408. The van der Waals surface area contributed by atoms with Gasteiger partial charge in [-0.15, -0.1) is 0 Å². The van der Waals surface area contributed by atoms with Crippen LogP contribution in [-0.4, -0.2) is 30.7 Å². The van der Waals surface area contributed by atoms with Crippen LogP contribution in [0.3, 0.4) is 0 Å². The Morgan fingerprint density at radius 1 is 1.16 bits per heavy atom. The molecule has 0 saturated heterocycles. The van der Waals surface area contributed by atoms with Crippen LogP contribution in [0, 0.1) is 0 Å². The third-order valence-corrected chi connectivity index (χ3v) is 2.17. The standard InChI is InChI=1S/C11H13F5N2O/c1-17-5-8-3-2-4-9(18-8)6-19-7-10(12,13)11(14,15)16/h2-4,17H,5-7H2,1H3. The van der Waals surface area contributed by atoms with Crippen LogP contribution in [0.1, 0.15) is 11.4 Å². The van der Waals surface area contributed by atoms with Crippen molar-refractivity contribution in [3.63, 3.8) is 0 Å². The molecule has 0 bridgehead atoms. The Morgan fingerprint density at radius 3 is 2.37 bits per heavy atom. The van der Waals surface area contributed by atoms with E-state index in [4.69, 9.17) is 0 Å². The topological polar surface area (TPSA) is 34.1 Å². The number of hydrogen-bond donors (Lipinski definition) is 1. The molecule has 1 aromatic rings. The Morgan fingerprint density at radius 2 is 1.79 bits per heavy atom. The summed E-state index contributed by atoms with van der Waals surface area (Å²) >= 11 is 0. The lowest BCUT2D eigenvalue weighted by molar-refractivity contribution is -0.297. The van der Waals surface area contributed by atoms with Crippen LogP contribution in [-0.2, 0) is 17.9 Å². The van der Waals surface area contributed by atoms with Crippen molar-refractivity contribution in [1.29, 1.82) is 0 Å². The molecule has 0 aromatic carbocycles. The summed E-state index contributed by atoms with van der Waals surface area (Å²) in [5, 5.41) is 2.84. The maximum absolute atomic E-state index is 12.6. The number of nitrogens with zero attached hydrogens (tertiary/aromatic N) is 1. The molecule has 1 heterocycles. The van der Waals surface area contributed by atoms with Crippen LogP contribution in [0.2, 0.25) is 0 Å². The average Bonchev–Trinajstić information content (AvgIpc) is 2.28. The smallest absolute Gasteiger partial charge is 0.369 e. The highest BCUT2D eigenvalue weighted by Crippen LogP contribution is 2.35. The molecule has 0 aliphatic rings. The fourth-order valence-corrected chi connectivity index (χ4v) is 1.25. The van der Waals surface area contributed by atoms with Crippen LogP contribution in [0.15, 0.2) is 18.2 Å². The first-order chi connectivity index (χ1) is 8.76. The van der Waals surface area contributed by atoms with Crippen LogP contribution < -0.4 is 5.32 Å². The summed E-state index contributed by atoms with van der Waals surface area (Å²) in [6.07, 6.45) is -5.60. The number of pyridine rings is 1. The van der Waals surface area contributed by atoms with E-state index in [2.05, 4.69) is 15.0 Å². The normalized spacial score (nSPS) is 12.7. The maximum atomic E-state index is 12.6. The predicted molar refractivity (Wildman–Crippen MR) is 57.7 cm³/mol. The van der Waals surface area contributed by atoms with E-state index in [1.54, 1.807) is 19.2 Å². The molecule has 8 heteroatoms. The second-order valence-corrected chi connectivity index (χ2v) is 3.85. The van der Waals surface area contributed by atoms with Crippen molar-refractivity contribution in [3.05, 3.63) is 29.6 Å². The van der Waals surface area contributed by atoms with E-state index >= 15 is 0 Å². The van der Waals surface area contributed by atoms with Gasteiger partial charge >= 0.3 is 12.1 Å². The monoisotopic (exact) mass is 284 g/mol. The number of rotatable bonds is 6. The number of hydrogen-bond acceptors (Lipinski definition) is 3. The van der Waals surface area contributed by atoms with Gasteiger partial charge in [-0.05, 0) is 19.2 Å². The fraction of sp³-hybridized carbons (Fsp3) is 0.545. The van der Waals surface area contributed by atoms with Crippen molar-refractivity contribution in [2.75, 3.05) is 13.7 Å². The van der Waals surface area contributed by atoms with Gasteiger partial charge in [0, 0.05) is 6.54 Å². The van der Waals surface area contributed by atoms with Crippen molar-refractivity contribution < 1.29 is 26.7 Å². The molecule has 0 radical (unpaired) electrons. The number of aromatic nitrogens is 1. The van der Waals surface area contributed by atoms with Gasteiger partial charge in [-0.25, -0.2) is 0 Å². The van der Waals surface area contributed by atoms with Gasteiger partial charge in [-0.3, -0.25) is 4.98 Å². The zero-order chi connectivity index (χ0) is 14.5. The van der Waals surface area contributed by atoms with Gasteiger partial charge in [0.2, 0.25) is 0 Å². The summed E-state index contributed by atoms with van der Waals surface area (Å²) in [7, 11) is 1.70. The maximum Gasteiger partial charge on any atom is 0.455 e. The minimum absolute atomic E-state index is 0.297. The van der Waals surface area contributed by atoms with Gasteiger partial charge < -0.3 is 10.1 Å². The second-order valence-electron chi connectivity index (χ2n) is 3.85. The van der Waals surface area contributed by atoms with E-state index in [0.29, 0.717) is 17.9 Å². The quantitative estimate of drug-likeness (QED) is 0.815. The van der Waals surface area contributed by atoms with Crippen molar-refractivity contribution in [3.8, 4) is 0 Å². The van der Waals surface area contributed by atoms with Crippen molar-refractivity contribution in [2.24, 2.45) is 0 Å². The van der Waals surface area contributed by atoms with Crippen LogP contribution in [0.4, 0.5) is 22.0 Å². The number of ether oxygens (including phenoxy) is 1. The van der Waals surface area contributed by atoms with E-state index in [0.717, 1.165) is 0 Å². The number of alkyl halides is 5. The van der Waals surface area contributed by atoms with E-state index in [1.807, 2.05) is 0 Å². The van der Waals surface area contributed by atoms with Gasteiger partial charge in [-0.2, -0.15) is 22.0 Å². The molecule has 1 N–H and O–H groups in total. The molecule has 108 valence electrons. The summed E-state index contributed by atoms with van der Waals surface area (Å²) in [5.74, 6) is -4.85. The average molecular weight is 284 g/mol. The molecular formula is C11H13F5N2O. The van der Waals surface area contributed by atoms with Crippen LogP contribution in [0.5, 0.6) is 0 Å². The SMILES string of the molecule is CNCc1cccc(COCC(F)(F)C(F)(F)F)n1. The molecule has 1 rings (SSSR count). The molecule has 0 aliphatic heterocycles. The Kier molecular flexibility index (Phi) is 5.19. The van der Waals surface area contributed by atoms with Gasteiger partial charge in [0.05, 0.1) is 18.0 Å². The molecule has 0 unspecified atom stereocenters. The molecule has 0 atom stereocenters. The highest BCUT2D eigenvalue weighted by atomic mass is 19.4. The van der Waals surface area contributed by atoms with E-state index in [1.165, 1.54) is 6.07 Å². The molecule has 0 fully saturated rings. The molecule has 0 amide bonds. The summed E-state index contributed by atoms with van der Waals surface area (Å²) in [4.78, 5) is 4.03. The molecule has 0 saturated carbocycles. The van der Waals surface area contributed by atoms with Gasteiger partial charge in [0.25, 0.3) is 0 Å². The third kappa shape index (κ3) is 4.71. The summed E-state index contributed by atoms with van der Waals surface area (Å²) in [5.41, 5.74) is 0.942. The lowest BCUT2D eigenvalue weighted by Crippen LogP contribution is -2.40. The lowest BCUT2D eigenvalue weighted by atomic mass is 10.3. The highest BCUT2D eigenvalue weighted by Gasteiger charge is 2.57. The summed E-state index contributed by atoms with van der Waals surface area (Å²) in [6.45, 7) is -1.65. The minimum atomic E-state index is -5.60. The lowest BCUT2D eigenvalue weighted by Gasteiger charge is -2.19. The largest absolute Gasteiger partial charge is 0.455 e. The summed E-state index contributed by atoms with van der Waals surface area (Å²) in [6, 6.07) is 4.81. The zero-order valence-corrected chi connectivity index (χ0v) is 10.1. The Hall–Kier alpha value is -1.28. The molecule has 3 nitrogen and oxygen atoms in total. The van der Waals surface area contributed by atoms with Crippen LogP contribution in [0.25, 0.3) is 0 Å². The van der Waals surface area contributed by atoms with Crippen molar-refractivity contribution in [2.45, 2.75) is 25.3 Å². The van der Waals surface area contributed by atoms with E-state index in [-0.39, 0.29) is 0 Å². The molecule has 0 aliphatic carbocycles. The first kappa shape index (κ1) is 15.8. The van der Waals surface area contributed by atoms with E-state index in [9.17, 15) is 22.0 Å². The zero-order valence-electron chi connectivity index (χ0n) is 10.1.